The molecule has 1 aromatic heterocycles. The van der Waals surface area contributed by atoms with E-state index in [-0.39, 0.29) is 0 Å². The van der Waals surface area contributed by atoms with Crippen LogP contribution in [0.4, 0.5) is 0 Å². The van der Waals surface area contributed by atoms with Crippen LogP contribution >= 0.6 is 43.5 Å². The Hall–Kier alpha value is -0.360. The third kappa shape index (κ3) is 3.21. The van der Waals surface area contributed by atoms with Crippen molar-refractivity contribution in [2.24, 2.45) is 0 Å². The van der Waals surface area contributed by atoms with E-state index in [1.54, 1.807) is 12.3 Å². The third-order valence-corrected chi connectivity index (χ3v) is 4.63. The minimum atomic E-state index is -0.756. The molecule has 2 aromatic rings. The van der Waals surface area contributed by atoms with Crippen molar-refractivity contribution in [2.45, 2.75) is 26.0 Å². The lowest BCUT2D eigenvalue weighted by Crippen LogP contribution is -2.10. The minimum Gasteiger partial charge on any atom is -0.382 e. The van der Waals surface area contributed by atoms with Crippen LogP contribution in [0.15, 0.2) is 33.3 Å². The zero-order valence-corrected chi connectivity index (χ0v) is 14.2. The molecule has 0 aliphatic heterocycles. The number of rotatable bonds is 4. The zero-order chi connectivity index (χ0) is 14.0. The van der Waals surface area contributed by atoms with Crippen LogP contribution in [-0.4, -0.2) is 14.9 Å². The van der Waals surface area contributed by atoms with Gasteiger partial charge in [0.05, 0.1) is 21.4 Å². The molecule has 0 spiro atoms. The summed E-state index contributed by atoms with van der Waals surface area (Å²) in [5.74, 6) is 0. The van der Waals surface area contributed by atoms with Crippen molar-refractivity contribution < 1.29 is 5.11 Å². The van der Waals surface area contributed by atoms with Gasteiger partial charge in [-0.1, -0.05) is 24.6 Å². The Kier molecular flexibility index (Phi) is 5.06. The molecule has 0 saturated carbocycles. The molecule has 3 nitrogen and oxygen atoms in total. The van der Waals surface area contributed by atoms with Crippen molar-refractivity contribution in [1.29, 1.82) is 0 Å². The maximum Gasteiger partial charge on any atom is 0.122 e. The first-order valence-corrected chi connectivity index (χ1v) is 7.85. The van der Waals surface area contributed by atoms with Gasteiger partial charge in [-0.3, -0.25) is 4.68 Å². The monoisotopic (exact) mass is 406 g/mol. The first kappa shape index (κ1) is 15.0. The van der Waals surface area contributed by atoms with Gasteiger partial charge in [-0.05, 0) is 56.0 Å². The van der Waals surface area contributed by atoms with Gasteiger partial charge >= 0.3 is 0 Å². The van der Waals surface area contributed by atoms with Crippen LogP contribution in [0.1, 0.15) is 30.7 Å². The quantitative estimate of drug-likeness (QED) is 0.806. The number of aromatic nitrogens is 2. The lowest BCUT2D eigenvalue weighted by molar-refractivity contribution is 0.206. The molecule has 0 aliphatic rings. The highest BCUT2D eigenvalue weighted by atomic mass is 79.9. The molecule has 0 aliphatic carbocycles. The fourth-order valence-corrected chi connectivity index (χ4v) is 2.82. The number of halogens is 3. The molecule has 0 saturated heterocycles. The fourth-order valence-electron chi connectivity index (χ4n) is 1.87. The van der Waals surface area contributed by atoms with Crippen molar-refractivity contribution in [3.8, 4) is 0 Å². The summed E-state index contributed by atoms with van der Waals surface area (Å²) < 4.78 is 3.42. The molecule has 1 heterocycles. The normalized spacial score (nSPS) is 12.7. The van der Waals surface area contributed by atoms with Crippen molar-refractivity contribution in [1.82, 2.24) is 9.78 Å². The van der Waals surface area contributed by atoms with Gasteiger partial charge in [-0.25, -0.2) is 0 Å². The molecule has 1 unspecified atom stereocenters. The molecule has 0 bridgehead atoms. The van der Waals surface area contributed by atoms with Gasteiger partial charge in [0.15, 0.2) is 0 Å². The Morgan fingerprint density at radius 1 is 1.37 bits per heavy atom. The Morgan fingerprint density at radius 3 is 2.74 bits per heavy atom. The largest absolute Gasteiger partial charge is 0.382 e. The van der Waals surface area contributed by atoms with Crippen LogP contribution in [0.25, 0.3) is 0 Å². The van der Waals surface area contributed by atoms with E-state index in [0.717, 1.165) is 33.2 Å². The molecule has 0 radical (unpaired) electrons. The predicted octanol–water partition coefficient (Wildman–Crippen LogP) is 4.55. The highest BCUT2D eigenvalue weighted by Gasteiger charge is 2.20. The van der Waals surface area contributed by atoms with Crippen LogP contribution < -0.4 is 0 Å². The average molecular weight is 409 g/mol. The van der Waals surface area contributed by atoms with Crippen LogP contribution in [0.5, 0.6) is 0 Å². The number of aliphatic hydroxyl groups is 1. The van der Waals surface area contributed by atoms with Crippen LogP contribution in [0.2, 0.25) is 5.02 Å². The van der Waals surface area contributed by atoms with Gasteiger partial charge < -0.3 is 5.11 Å². The van der Waals surface area contributed by atoms with E-state index in [2.05, 4.69) is 43.9 Å². The van der Waals surface area contributed by atoms with Gasteiger partial charge in [-0.2, -0.15) is 5.10 Å². The maximum absolute atomic E-state index is 10.5. The number of hydrogen-bond donors (Lipinski definition) is 1. The summed E-state index contributed by atoms with van der Waals surface area (Å²) in [6.07, 6.45) is 1.90. The second-order valence-corrected chi connectivity index (χ2v) is 6.29. The van der Waals surface area contributed by atoms with Crippen LogP contribution in [0, 0.1) is 0 Å². The molecule has 0 amide bonds. The van der Waals surface area contributed by atoms with Crippen molar-refractivity contribution in [3.05, 3.63) is 49.6 Å². The molecule has 2 rings (SSSR count). The van der Waals surface area contributed by atoms with Gasteiger partial charge in [-0.15, -0.1) is 0 Å². The van der Waals surface area contributed by atoms with Crippen LogP contribution in [0.3, 0.4) is 0 Å². The Morgan fingerprint density at radius 2 is 2.11 bits per heavy atom. The summed E-state index contributed by atoms with van der Waals surface area (Å²) in [6.45, 7) is 2.84. The van der Waals surface area contributed by atoms with E-state index in [1.807, 2.05) is 16.8 Å². The summed E-state index contributed by atoms with van der Waals surface area (Å²) in [6, 6.07) is 5.43. The molecule has 102 valence electrons. The third-order valence-electron chi connectivity index (χ3n) is 2.79. The van der Waals surface area contributed by atoms with Gasteiger partial charge in [0.25, 0.3) is 0 Å². The molecule has 1 atom stereocenters. The Labute approximate surface area is 133 Å². The van der Waals surface area contributed by atoms with E-state index in [4.69, 9.17) is 11.6 Å². The molecular formula is C13H13Br2ClN2O. The molecule has 1 N–H and O–H groups in total. The molecule has 19 heavy (non-hydrogen) atoms. The highest BCUT2D eigenvalue weighted by Crippen LogP contribution is 2.32. The standard InChI is InChI=1S/C13H13Br2ClN2O/c1-2-5-18-12(10(15)7-17-18)13(19)8-3-4-9(14)11(16)6-8/h3-4,6-7,13,19H,2,5H2,1H3. The van der Waals surface area contributed by atoms with E-state index in [0.29, 0.717) is 5.02 Å². The predicted molar refractivity (Wildman–Crippen MR) is 83.4 cm³/mol. The lowest BCUT2D eigenvalue weighted by Gasteiger charge is -2.15. The Bertz CT molecular complexity index is 586. The molecular weight excluding hydrogens is 395 g/mol. The zero-order valence-electron chi connectivity index (χ0n) is 10.3. The number of nitrogens with zero attached hydrogens (tertiary/aromatic N) is 2. The smallest absolute Gasteiger partial charge is 0.122 e. The van der Waals surface area contributed by atoms with Gasteiger partial charge in [0.2, 0.25) is 0 Å². The lowest BCUT2D eigenvalue weighted by atomic mass is 10.1. The number of benzene rings is 1. The minimum absolute atomic E-state index is 0.578. The highest BCUT2D eigenvalue weighted by molar-refractivity contribution is 9.10. The van der Waals surface area contributed by atoms with Gasteiger partial charge in [0, 0.05) is 11.0 Å². The number of aryl methyl sites for hydroxylation is 1. The first-order chi connectivity index (χ1) is 9.04. The number of hydrogen-bond acceptors (Lipinski definition) is 2. The Balaban J connectivity index is 2.40. The SMILES string of the molecule is CCCn1ncc(Br)c1C(O)c1ccc(Br)c(Cl)c1. The summed E-state index contributed by atoms with van der Waals surface area (Å²) in [5, 5.41) is 15.4. The molecule has 1 aromatic carbocycles. The van der Waals surface area contributed by atoms with E-state index >= 15 is 0 Å². The van der Waals surface area contributed by atoms with Crippen LogP contribution in [-0.2, 0) is 6.54 Å². The van der Waals surface area contributed by atoms with E-state index in [1.165, 1.54) is 0 Å². The van der Waals surface area contributed by atoms with Crippen molar-refractivity contribution in [3.63, 3.8) is 0 Å². The fraction of sp³-hybridized carbons (Fsp3) is 0.308. The molecule has 6 heteroatoms. The summed E-state index contributed by atoms with van der Waals surface area (Å²) >= 11 is 12.8. The first-order valence-electron chi connectivity index (χ1n) is 5.88. The van der Waals surface area contributed by atoms with E-state index in [9.17, 15) is 5.11 Å². The second kappa shape index (κ2) is 6.39. The molecule has 0 fully saturated rings. The number of aliphatic hydroxyl groups excluding tert-OH is 1. The average Bonchev–Trinajstić information content (AvgIpc) is 2.74. The summed E-state index contributed by atoms with van der Waals surface area (Å²) in [7, 11) is 0. The van der Waals surface area contributed by atoms with Crippen molar-refractivity contribution in [2.75, 3.05) is 0 Å². The van der Waals surface area contributed by atoms with Gasteiger partial charge in [0.1, 0.15) is 6.10 Å². The maximum atomic E-state index is 10.5. The van der Waals surface area contributed by atoms with Crippen molar-refractivity contribution >= 4 is 43.5 Å². The van der Waals surface area contributed by atoms with E-state index < -0.39 is 6.10 Å². The summed E-state index contributed by atoms with van der Waals surface area (Å²) in [4.78, 5) is 0. The summed E-state index contributed by atoms with van der Waals surface area (Å²) in [5.41, 5.74) is 1.49. The second-order valence-electron chi connectivity index (χ2n) is 4.18. The topological polar surface area (TPSA) is 38.0 Å².